The van der Waals surface area contributed by atoms with Crippen molar-refractivity contribution in [2.45, 2.75) is 79.6 Å². The zero-order valence-electron chi connectivity index (χ0n) is 15.7. The fourth-order valence-electron chi connectivity index (χ4n) is 7.40. The van der Waals surface area contributed by atoms with Crippen LogP contribution >= 0.6 is 0 Å². The minimum Gasteiger partial charge on any atom is -0.299 e. The Balaban J connectivity index is 1.75. The van der Waals surface area contributed by atoms with Gasteiger partial charge in [-0.1, -0.05) is 38.8 Å². The van der Waals surface area contributed by atoms with Gasteiger partial charge in [0.15, 0.2) is 0 Å². The molecule has 0 aliphatic heterocycles. The molecule has 4 aliphatic rings. The summed E-state index contributed by atoms with van der Waals surface area (Å²) >= 11 is 0. The molecular weight excluding hydrogens is 280 g/mol. The lowest BCUT2D eigenvalue weighted by atomic mass is 9.45. The van der Waals surface area contributed by atoms with E-state index in [2.05, 4.69) is 34.6 Å². The average molecular weight is 315 g/mol. The molecule has 7 atom stereocenters. The second kappa shape index (κ2) is 4.96. The molecule has 3 saturated carbocycles. The van der Waals surface area contributed by atoms with E-state index in [1.54, 1.807) is 5.57 Å². The summed E-state index contributed by atoms with van der Waals surface area (Å²) in [6, 6.07) is 0. The van der Waals surface area contributed by atoms with E-state index in [-0.39, 0.29) is 5.41 Å². The van der Waals surface area contributed by atoms with Crippen LogP contribution in [0.25, 0.3) is 0 Å². The van der Waals surface area contributed by atoms with Gasteiger partial charge in [-0.3, -0.25) is 4.79 Å². The van der Waals surface area contributed by atoms with Crippen molar-refractivity contribution in [1.82, 2.24) is 0 Å². The van der Waals surface area contributed by atoms with Crippen molar-refractivity contribution in [3.05, 3.63) is 11.1 Å². The Kier molecular flexibility index (Phi) is 3.43. The van der Waals surface area contributed by atoms with Crippen molar-refractivity contribution in [1.29, 1.82) is 0 Å². The molecule has 1 nitrogen and oxygen atoms in total. The first-order valence-electron chi connectivity index (χ1n) is 10.00. The first kappa shape index (κ1) is 15.9. The van der Waals surface area contributed by atoms with Crippen molar-refractivity contribution in [3.63, 3.8) is 0 Å². The van der Waals surface area contributed by atoms with Crippen LogP contribution in [0.2, 0.25) is 0 Å². The van der Waals surface area contributed by atoms with Crippen LogP contribution < -0.4 is 0 Å². The Morgan fingerprint density at radius 1 is 0.957 bits per heavy atom. The lowest BCUT2D eigenvalue weighted by Crippen LogP contribution is -2.51. The first-order valence-corrected chi connectivity index (χ1v) is 10.00. The van der Waals surface area contributed by atoms with Crippen LogP contribution in [0, 0.1) is 40.4 Å². The van der Waals surface area contributed by atoms with E-state index in [0.717, 1.165) is 36.5 Å². The fourth-order valence-corrected chi connectivity index (χ4v) is 7.40. The predicted octanol–water partition coefficient (Wildman–Crippen LogP) is 5.79. The van der Waals surface area contributed by atoms with Crippen LogP contribution in [0.1, 0.15) is 79.6 Å². The molecule has 0 amide bonds. The maximum absolute atomic E-state index is 12.5. The molecule has 0 unspecified atom stereocenters. The van der Waals surface area contributed by atoms with E-state index in [0.29, 0.717) is 17.1 Å². The summed E-state index contributed by atoms with van der Waals surface area (Å²) in [7, 11) is 0. The van der Waals surface area contributed by atoms with Gasteiger partial charge in [0.25, 0.3) is 0 Å². The van der Waals surface area contributed by atoms with E-state index in [9.17, 15) is 4.79 Å². The normalized spacial score (nSPS) is 52.9. The first-order chi connectivity index (χ1) is 10.8. The molecule has 3 fully saturated rings. The van der Waals surface area contributed by atoms with Gasteiger partial charge in [0.1, 0.15) is 5.78 Å². The molecule has 0 radical (unpaired) electrons. The summed E-state index contributed by atoms with van der Waals surface area (Å²) in [6.45, 7) is 12.2. The fraction of sp³-hybridized carbons (Fsp3) is 0.864. The Morgan fingerprint density at radius 3 is 2.39 bits per heavy atom. The molecule has 1 heteroatoms. The minimum atomic E-state index is 0.0168. The lowest BCUT2D eigenvalue weighted by Gasteiger charge is -2.59. The van der Waals surface area contributed by atoms with E-state index >= 15 is 0 Å². The second-order valence-electron chi connectivity index (χ2n) is 10.0. The van der Waals surface area contributed by atoms with Gasteiger partial charge >= 0.3 is 0 Å². The van der Waals surface area contributed by atoms with E-state index in [1.807, 2.05) is 5.57 Å². The van der Waals surface area contributed by atoms with Gasteiger partial charge in [-0.25, -0.2) is 0 Å². The Hall–Kier alpha value is -0.590. The minimum absolute atomic E-state index is 0.0168. The van der Waals surface area contributed by atoms with Crippen molar-refractivity contribution < 1.29 is 4.79 Å². The molecule has 128 valence electrons. The van der Waals surface area contributed by atoms with Crippen LogP contribution in [-0.2, 0) is 4.79 Å². The standard InChI is InChI=1S/C22H34O/c1-13-11-19-14(2)10-16-17-6-7-20(23)21(17,4)9-8-18(16)22(19,5)12-15(13)3/h13,15-18H,6-12H2,1-5H3/t13-,15-,16+,17+,18+,21+,22-/m1/s1. The lowest BCUT2D eigenvalue weighted by molar-refractivity contribution is -0.132. The third-order valence-electron chi connectivity index (χ3n) is 8.95. The van der Waals surface area contributed by atoms with Crippen molar-refractivity contribution in [2.24, 2.45) is 40.4 Å². The number of allylic oxidation sites excluding steroid dienone is 2. The predicted molar refractivity (Wildman–Crippen MR) is 95.0 cm³/mol. The molecule has 0 bridgehead atoms. The van der Waals surface area contributed by atoms with Crippen LogP contribution in [0.4, 0.5) is 0 Å². The smallest absolute Gasteiger partial charge is 0.139 e. The molecule has 4 rings (SSSR count). The molecule has 4 aliphatic carbocycles. The quantitative estimate of drug-likeness (QED) is 0.517. The Labute approximate surface area is 142 Å². The Bertz CT molecular complexity index is 573. The van der Waals surface area contributed by atoms with Gasteiger partial charge in [-0.2, -0.15) is 0 Å². The third-order valence-corrected chi connectivity index (χ3v) is 8.95. The van der Waals surface area contributed by atoms with E-state index < -0.39 is 0 Å². The van der Waals surface area contributed by atoms with Crippen LogP contribution in [0.3, 0.4) is 0 Å². The van der Waals surface area contributed by atoms with Gasteiger partial charge in [0.05, 0.1) is 0 Å². The average Bonchev–Trinajstić information content (AvgIpc) is 2.78. The maximum atomic E-state index is 12.5. The number of ketones is 1. The van der Waals surface area contributed by atoms with Gasteiger partial charge < -0.3 is 0 Å². The molecule has 0 aromatic heterocycles. The number of hydrogen-bond acceptors (Lipinski definition) is 1. The third kappa shape index (κ3) is 2.01. The van der Waals surface area contributed by atoms with Crippen LogP contribution in [-0.4, -0.2) is 5.78 Å². The van der Waals surface area contributed by atoms with E-state index in [4.69, 9.17) is 0 Å². The van der Waals surface area contributed by atoms with Gasteiger partial charge in [0.2, 0.25) is 0 Å². The topological polar surface area (TPSA) is 17.1 Å². The zero-order chi connectivity index (χ0) is 16.6. The number of fused-ring (bicyclic) bond motifs is 5. The summed E-state index contributed by atoms with van der Waals surface area (Å²) < 4.78 is 0. The number of carbonyl (C=O) groups is 1. The highest BCUT2D eigenvalue weighted by atomic mass is 16.1. The second-order valence-corrected chi connectivity index (χ2v) is 10.0. The van der Waals surface area contributed by atoms with Crippen molar-refractivity contribution in [2.75, 3.05) is 0 Å². The van der Waals surface area contributed by atoms with Gasteiger partial charge in [-0.05, 0) is 80.5 Å². The maximum Gasteiger partial charge on any atom is 0.139 e. The monoisotopic (exact) mass is 314 g/mol. The van der Waals surface area contributed by atoms with Crippen molar-refractivity contribution >= 4 is 5.78 Å². The van der Waals surface area contributed by atoms with Crippen LogP contribution in [0.15, 0.2) is 11.1 Å². The summed E-state index contributed by atoms with van der Waals surface area (Å²) in [6.07, 6.45) is 8.45. The largest absolute Gasteiger partial charge is 0.299 e. The summed E-state index contributed by atoms with van der Waals surface area (Å²) in [5, 5.41) is 0. The molecule has 0 aromatic rings. The number of Topliss-reactive ketones (excluding diaryl/α,β-unsaturated/α-hetero) is 1. The van der Waals surface area contributed by atoms with E-state index in [1.165, 1.54) is 32.1 Å². The van der Waals surface area contributed by atoms with Gasteiger partial charge in [-0.15, -0.1) is 0 Å². The molecule has 0 heterocycles. The Morgan fingerprint density at radius 2 is 1.65 bits per heavy atom. The highest BCUT2D eigenvalue weighted by molar-refractivity contribution is 5.87. The van der Waals surface area contributed by atoms with Crippen LogP contribution in [0.5, 0.6) is 0 Å². The summed E-state index contributed by atoms with van der Waals surface area (Å²) in [5.41, 5.74) is 3.95. The molecule has 0 spiro atoms. The molecule has 0 aromatic carbocycles. The summed E-state index contributed by atoms with van der Waals surface area (Å²) in [4.78, 5) is 12.5. The van der Waals surface area contributed by atoms with Gasteiger partial charge in [0, 0.05) is 11.8 Å². The highest BCUT2D eigenvalue weighted by Gasteiger charge is 2.59. The number of rotatable bonds is 0. The number of carbonyl (C=O) groups excluding carboxylic acids is 1. The number of hydrogen-bond donors (Lipinski definition) is 0. The molecular formula is C22H34O. The van der Waals surface area contributed by atoms with Crippen molar-refractivity contribution in [3.8, 4) is 0 Å². The molecule has 0 N–H and O–H groups in total. The summed E-state index contributed by atoms with van der Waals surface area (Å²) in [5.74, 6) is 4.52. The molecule has 23 heavy (non-hydrogen) atoms. The zero-order valence-corrected chi connectivity index (χ0v) is 15.7. The highest BCUT2D eigenvalue weighted by Crippen LogP contribution is 2.66. The SMILES string of the molecule is CC1=C2C[C@@H](C)[C@H](C)C[C@]2(C)[C@H]2CC[C@]3(C)C(=O)CC[C@H]3[C@@H]2C1. The molecule has 0 saturated heterocycles.